The number of rotatable bonds is 7. The maximum Gasteiger partial charge on any atom is 0.164 e. The first-order valence-electron chi connectivity index (χ1n) is 18.3. The van der Waals surface area contributed by atoms with Crippen LogP contribution in [0.4, 0.5) is 0 Å². The van der Waals surface area contributed by atoms with E-state index in [2.05, 4.69) is 138 Å². The van der Waals surface area contributed by atoms with Crippen molar-refractivity contribution in [3.8, 4) is 79.3 Å². The molecule has 55 heavy (non-hydrogen) atoms. The van der Waals surface area contributed by atoms with Gasteiger partial charge in [-0.3, -0.25) is 4.40 Å². The summed E-state index contributed by atoms with van der Waals surface area (Å²) in [6, 6.07) is 66.3. The summed E-state index contributed by atoms with van der Waals surface area (Å²) in [6.45, 7) is 0. The second kappa shape index (κ2) is 13.8. The van der Waals surface area contributed by atoms with Gasteiger partial charge in [-0.05, 0) is 16.7 Å². The summed E-state index contributed by atoms with van der Waals surface area (Å²) in [5.41, 5.74) is 9.92. The molecule has 258 valence electrons. The summed E-state index contributed by atoms with van der Waals surface area (Å²) >= 11 is 0. The summed E-state index contributed by atoms with van der Waals surface area (Å²) in [7, 11) is 0. The number of nitrogens with zero attached hydrogens (tertiary/aromatic N) is 6. The van der Waals surface area contributed by atoms with Gasteiger partial charge < -0.3 is 0 Å². The Morgan fingerprint density at radius 1 is 0.255 bits per heavy atom. The average Bonchev–Trinajstić information content (AvgIpc) is 3.61. The van der Waals surface area contributed by atoms with Crippen molar-refractivity contribution in [1.29, 1.82) is 0 Å². The Labute approximate surface area is 318 Å². The van der Waals surface area contributed by atoms with E-state index in [0.717, 1.165) is 72.4 Å². The Balaban J connectivity index is 1.12. The van der Waals surface area contributed by atoms with Crippen LogP contribution in [0, 0.1) is 0 Å². The molecule has 0 saturated heterocycles. The molecule has 3 heterocycles. The number of hydrogen-bond donors (Lipinski definition) is 0. The highest BCUT2D eigenvalue weighted by molar-refractivity contribution is 6.06. The predicted molar refractivity (Wildman–Crippen MR) is 222 cm³/mol. The molecule has 6 heteroatoms. The third-order valence-electron chi connectivity index (χ3n) is 9.89. The van der Waals surface area contributed by atoms with Crippen LogP contribution in [0.2, 0.25) is 0 Å². The molecule has 10 rings (SSSR count). The summed E-state index contributed by atoms with van der Waals surface area (Å²) in [5.74, 6) is 3.29. The molecule has 0 amide bonds. The molecule has 0 aliphatic carbocycles. The fourth-order valence-corrected chi connectivity index (χ4v) is 7.18. The molecular formula is C49H32N6. The highest BCUT2D eigenvalue weighted by Gasteiger charge is 2.21. The lowest BCUT2D eigenvalue weighted by Gasteiger charge is -2.13. The Hall–Kier alpha value is -7.57. The van der Waals surface area contributed by atoms with E-state index in [4.69, 9.17) is 24.9 Å². The minimum absolute atomic E-state index is 0.594. The van der Waals surface area contributed by atoms with Crippen LogP contribution in [0.25, 0.3) is 95.7 Å². The van der Waals surface area contributed by atoms with Gasteiger partial charge in [-0.2, -0.15) is 0 Å². The zero-order valence-corrected chi connectivity index (χ0v) is 29.7. The van der Waals surface area contributed by atoms with Gasteiger partial charge in [0.1, 0.15) is 11.5 Å². The Morgan fingerprint density at radius 3 is 1.11 bits per heavy atom. The molecule has 0 saturated carbocycles. The van der Waals surface area contributed by atoms with E-state index in [1.54, 1.807) is 0 Å². The molecule has 7 aromatic carbocycles. The van der Waals surface area contributed by atoms with Crippen LogP contribution in [0.1, 0.15) is 0 Å². The Morgan fingerprint density at radius 2 is 0.600 bits per heavy atom. The van der Waals surface area contributed by atoms with Crippen LogP contribution in [-0.4, -0.2) is 29.3 Å². The first-order valence-corrected chi connectivity index (χ1v) is 18.3. The van der Waals surface area contributed by atoms with Gasteiger partial charge in [-0.15, -0.1) is 0 Å². The van der Waals surface area contributed by atoms with Crippen LogP contribution in [0.5, 0.6) is 0 Å². The van der Waals surface area contributed by atoms with Crippen molar-refractivity contribution in [2.75, 3.05) is 0 Å². The van der Waals surface area contributed by atoms with Crippen molar-refractivity contribution < 1.29 is 0 Å². The van der Waals surface area contributed by atoms with Crippen molar-refractivity contribution in [3.05, 3.63) is 194 Å². The predicted octanol–water partition coefficient (Wildman–Crippen LogP) is 11.7. The molecule has 6 nitrogen and oxygen atoms in total. The third-order valence-corrected chi connectivity index (χ3v) is 9.89. The maximum absolute atomic E-state index is 5.27. The number of aromatic nitrogens is 6. The molecule has 0 unspecified atom stereocenters. The zero-order valence-electron chi connectivity index (χ0n) is 29.7. The van der Waals surface area contributed by atoms with Crippen LogP contribution < -0.4 is 0 Å². The SMILES string of the molecule is c1ccc(-c2ccc(-c3nc(-c4ccccc4)nc(-c4ccc(-c5nc(-c6ccccc6)nc6c7ccccc7c(-c7ccccc7)n56)cc4)n3)cc2)cc1. The fraction of sp³-hybridized carbons (Fsp3) is 0. The monoisotopic (exact) mass is 704 g/mol. The van der Waals surface area contributed by atoms with Crippen molar-refractivity contribution in [1.82, 2.24) is 29.3 Å². The van der Waals surface area contributed by atoms with Gasteiger partial charge in [0.05, 0.1) is 5.69 Å². The van der Waals surface area contributed by atoms with Gasteiger partial charge in [0, 0.05) is 38.6 Å². The minimum Gasteiger partial charge on any atom is -0.277 e. The highest BCUT2D eigenvalue weighted by atomic mass is 15.1. The molecule has 0 radical (unpaired) electrons. The molecular weight excluding hydrogens is 673 g/mol. The van der Waals surface area contributed by atoms with E-state index in [1.807, 2.05) is 60.7 Å². The molecule has 10 aromatic rings. The third kappa shape index (κ3) is 6.02. The van der Waals surface area contributed by atoms with E-state index >= 15 is 0 Å². The fourth-order valence-electron chi connectivity index (χ4n) is 7.18. The minimum atomic E-state index is 0.594. The quantitative estimate of drug-likeness (QED) is 0.165. The molecule has 0 fully saturated rings. The summed E-state index contributed by atoms with van der Waals surface area (Å²) in [6.07, 6.45) is 0. The smallest absolute Gasteiger partial charge is 0.164 e. The van der Waals surface area contributed by atoms with E-state index in [0.29, 0.717) is 23.3 Å². The molecule has 0 N–H and O–H groups in total. The van der Waals surface area contributed by atoms with E-state index < -0.39 is 0 Å². The summed E-state index contributed by atoms with van der Waals surface area (Å²) in [5, 5.41) is 2.19. The van der Waals surface area contributed by atoms with Crippen LogP contribution in [0.3, 0.4) is 0 Å². The van der Waals surface area contributed by atoms with Gasteiger partial charge in [-0.25, -0.2) is 24.9 Å². The molecule has 0 spiro atoms. The van der Waals surface area contributed by atoms with Gasteiger partial charge >= 0.3 is 0 Å². The van der Waals surface area contributed by atoms with Gasteiger partial charge in [-0.1, -0.05) is 194 Å². The van der Waals surface area contributed by atoms with Gasteiger partial charge in [0.15, 0.2) is 23.3 Å². The largest absolute Gasteiger partial charge is 0.277 e. The standard InChI is InChI=1S/C49H32N6/c1-5-15-33(16-6-1)34-25-27-38(28-26-34)45-50-44(36-19-9-3-10-20-36)51-46(52-45)39-29-31-40(32-30-39)48-53-47(37-21-11-4-12-22-37)54-49-42-24-14-13-23-41(42)43(55(48)49)35-17-7-2-8-18-35/h1-32H. The van der Waals surface area contributed by atoms with Gasteiger partial charge in [0.2, 0.25) is 0 Å². The number of benzene rings is 7. The van der Waals surface area contributed by atoms with Crippen molar-refractivity contribution in [2.45, 2.75) is 0 Å². The molecule has 0 atom stereocenters. The molecule has 0 bridgehead atoms. The average molecular weight is 705 g/mol. The highest BCUT2D eigenvalue weighted by Crippen LogP contribution is 2.38. The Bertz CT molecular complexity index is 2930. The van der Waals surface area contributed by atoms with E-state index in [1.165, 1.54) is 0 Å². The van der Waals surface area contributed by atoms with Crippen molar-refractivity contribution in [3.63, 3.8) is 0 Å². The first kappa shape index (κ1) is 32.1. The van der Waals surface area contributed by atoms with Crippen molar-refractivity contribution in [2.24, 2.45) is 0 Å². The first-order chi connectivity index (χ1) is 27.3. The summed E-state index contributed by atoms with van der Waals surface area (Å²) < 4.78 is 2.20. The normalized spacial score (nSPS) is 11.3. The number of fused-ring (bicyclic) bond motifs is 3. The molecule has 0 aliphatic heterocycles. The summed E-state index contributed by atoms with van der Waals surface area (Å²) in [4.78, 5) is 25.5. The van der Waals surface area contributed by atoms with Crippen molar-refractivity contribution >= 4 is 16.4 Å². The van der Waals surface area contributed by atoms with Crippen LogP contribution >= 0.6 is 0 Å². The maximum atomic E-state index is 5.27. The van der Waals surface area contributed by atoms with Crippen LogP contribution in [0.15, 0.2) is 194 Å². The lowest BCUT2D eigenvalue weighted by Crippen LogP contribution is -2.03. The zero-order chi connectivity index (χ0) is 36.6. The van der Waals surface area contributed by atoms with E-state index in [9.17, 15) is 0 Å². The molecule has 0 aliphatic rings. The lowest BCUT2D eigenvalue weighted by atomic mass is 10.0. The molecule has 3 aromatic heterocycles. The Kier molecular flexibility index (Phi) is 8.04. The number of hydrogen-bond acceptors (Lipinski definition) is 5. The van der Waals surface area contributed by atoms with E-state index in [-0.39, 0.29) is 0 Å². The van der Waals surface area contributed by atoms with Crippen LogP contribution in [-0.2, 0) is 0 Å². The van der Waals surface area contributed by atoms with Gasteiger partial charge in [0.25, 0.3) is 0 Å². The second-order valence-electron chi connectivity index (χ2n) is 13.3. The topological polar surface area (TPSA) is 68.9 Å². The second-order valence-corrected chi connectivity index (χ2v) is 13.3. The lowest BCUT2D eigenvalue weighted by molar-refractivity contribution is 1.05.